The number of halogens is 1. The molecule has 0 spiro atoms. The zero-order valence-electron chi connectivity index (χ0n) is 19.7. The highest BCUT2D eigenvalue weighted by atomic mass is 35.5. The number of benzene rings is 1. The number of carbonyl (C=O) groups is 1. The molecule has 0 aliphatic carbocycles. The van der Waals surface area contributed by atoms with E-state index >= 15 is 0 Å². The maximum Gasteiger partial charge on any atom is 0.245 e. The van der Waals surface area contributed by atoms with E-state index in [0.717, 1.165) is 24.2 Å². The summed E-state index contributed by atoms with van der Waals surface area (Å²) in [6.45, 7) is 3.24. The van der Waals surface area contributed by atoms with Gasteiger partial charge in [0.25, 0.3) is 0 Å². The molecule has 1 saturated heterocycles. The Morgan fingerprint density at radius 2 is 1.94 bits per heavy atom. The van der Waals surface area contributed by atoms with Crippen LogP contribution in [0.4, 0.5) is 0 Å². The average Bonchev–Trinajstić information content (AvgIpc) is 3.49. The Morgan fingerprint density at radius 3 is 2.71 bits per heavy atom. The predicted molar refractivity (Wildman–Crippen MR) is 135 cm³/mol. The van der Waals surface area contributed by atoms with Gasteiger partial charge in [0.1, 0.15) is 4.90 Å². The molecule has 4 heterocycles. The van der Waals surface area contributed by atoms with E-state index in [-0.39, 0.29) is 34.8 Å². The van der Waals surface area contributed by atoms with Crippen LogP contribution in [0.15, 0.2) is 65.8 Å². The van der Waals surface area contributed by atoms with Crippen LogP contribution >= 0.6 is 11.6 Å². The van der Waals surface area contributed by atoms with Crippen LogP contribution in [-0.2, 0) is 27.8 Å². The number of rotatable bonds is 6. The van der Waals surface area contributed by atoms with Gasteiger partial charge in [-0.1, -0.05) is 29.8 Å². The fraction of sp³-hybridized carbons (Fsp3) is 0.385. The van der Waals surface area contributed by atoms with E-state index in [1.54, 1.807) is 31.3 Å². The zero-order valence-corrected chi connectivity index (χ0v) is 21.3. The second-order valence-corrected chi connectivity index (χ2v) is 11.5. The number of nitrogens with zero attached hydrogens (tertiary/aromatic N) is 4. The Balaban J connectivity index is 1.44. The van der Waals surface area contributed by atoms with Crippen molar-refractivity contribution in [3.8, 4) is 0 Å². The lowest BCUT2D eigenvalue weighted by atomic mass is 10.1. The van der Waals surface area contributed by atoms with Crippen molar-refractivity contribution in [1.82, 2.24) is 18.8 Å². The van der Waals surface area contributed by atoms with E-state index in [1.807, 2.05) is 46.0 Å². The number of fused-ring (bicyclic) bond motifs is 1. The van der Waals surface area contributed by atoms with Crippen molar-refractivity contribution in [1.29, 1.82) is 0 Å². The monoisotopic (exact) mass is 512 g/mol. The molecule has 1 amide bonds. The predicted octanol–water partition coefficient (Wildman–Crippen LogP) is 4.21. The number of aryl methyl sites for hydroxylation is 1. The molecule has 184 valence electrons. The van der Waals surface area contributed by atoms with Crippen molar-refractivity contribution >= 4 is 27.5 Å². The fourth-order valence-corrected chi connectivity index (χ4v) is 7.79. The first-order valence-electron chi connectivity index (χ1n) is 12.0. The summed E-state index contributed by atoms with van der Waals surface area (Å²) in [6.07, 6.45) is 6.36. The van der Waals surface area contributed by atoms with Crippen LogP contribution in [0.5, 0.6) is 0 Å². The van der Waals surface area contributed by atoms with E-state index in [2.05, 4.69) is 4.98 Å². The molecule has 2 aliphatic rings. The second-order valence-electron chi connectivity index (χ2n) is 9.26. The molecule has 0 bridgehead atoms. The van der Waals surface area contributed by atoms with Crippen molar-refractivity contribution in [2.45, 2.75) is 56.1 Å². The van der Waals surface area contributed by atoms with E-state index in [9.17, 15) is 13.2 Å². The third-order valence-electron chi connectivity index (χ3n) is 7.08. The number of aromatic nitrogens is 2. The molecular weight excluding hydrogens is 484 g/mol. The standard InChI is InChI=1S/C26H29ClN4O3S/c1-19-7-4-10-22(27)26(19)35(33,34)31-16-15-29-13-6-11-23(29)24(31)18-25(32)30-14-5-9-21(30)17-20-8-2-3-12-28-20/h2-4,6-8,10-13,21,24H,5,9,14-18H2,1H3. The lowest BCUT2D eigenvalue weighted by molar-refractivity contribution is -0.133. The summed E-state index contributed by atoms with van der Waals surface area (Å²) in [4.78, 5) is 20.1. The Bertz CT molecular complexity index is 1310. The summed E-state index contributed by atoms with van der Waals surface area (Å²) < 4.78 is 31.3. The van der Waals surface area contributed by atoms with Gasteiger partial charge >= 0.3 is 0 Å². The van der Waals surface area contributed by atoms with E-state index in [0.29, 0.717) is 25.1 Å². The Kier molecular flexibility index (Phi) is 6.70. The summed E-state index contributed by atoms with van der Waals surface area (Å²) in [5, 5.41) is 0.200. The number of hydrogen-bond donors (Lipinski definition) is 0. The lowest BCUT2D eigenvalue weighted by Crippen LogP contribution is -2.45. The normalized spacial score (nSPS) is 20.7. The topological polar surface area (TPSA) is 75.5 Å². The van der Waals surface area contributed by atoms with Gasteiger partial charge in [0, 0.05) is 62.3 Å². The molecule has 35 heavy (non-hydrogen) atoms. The Hall–Kier alpha value is -2.68. The average molecular weight is 513 g/mol. The highest BCUT2D eigenvalue weighted by molar-refractivity contribution is 7.89. The lowest BCUT2D eigenvalue weighted by Gasteiger charge is -2.37. The van der Waals surface area contributed by atoms with Gasteiger partial charge in [0.05, 0.1) is 11.1 Å². The molecule has 7 nitrogen and oxygen atoms in total. The van der Waals surface area contributed by atoms with Gasteiger partial charge in [-0.15, -0.1) is 0 Å². The molecule has 0 saturated carbocycles. The number of sulfonamides is 1. The summed E-state index contributed by atoms with van der Waals surface area (Å²) in [7, 11) is -3.92. The third kappa shape index (κ3) is 4.62. The van der Waals surface area contributed by atoms with Gasteiger partial charge in [0.2, 0.25) is 15.9 Å². The van der Waals surface area contributed by atoms with Crippen LogP contribution in [0.1, 0.15) is 42.3 Å². The minimum atomic E-state index is -3.92. The number of hydrogen-bond acceptors (Lipinski definition) is 4. The van der Waals surface area contributed by atoms with Gasteiger partial charge in [0.15, 0.2) is 0 Å². The maximum absolute atomic E-state index is 13.9. The SMILES string of the molecule is Cc1cccc(Cl)c1S(=O)(=O)N1CCn2cccc2C1CC(=O)N1CCCC1Cc1ccccn1. The van der Waals surface area contributed by atoms with Gasteiger partial charge in [-0.05, 0) is 55.7 Å². The first-order valence-corrected chi connectivity index (χ1v) is 13.8. The highest BCUT2D eigenvalue weighted by Gasteiger charge is 2.41. The molecule has 0 N–H and O–H groups in total. The number of amides is 1. The molecule has 2 aliphatic heterocycles. The first-order chi connectivity index (χ1) is 16.9. The summed E-state index contributed by atoms with van der Waals surface area (Å²) in [5.41, 5.74) is 2.39. The molecule has 2 aromatic heterocycles. The van der Waals surface area contributed by atoms with Crippen molar-refractivity contribution in [2.75, 3.05) is 13.1 Å². The summed E-state index contributed by atoms with van der Waals surface area (Å²) >= 11 is 6.37. The zero-order chi connectivity index (χ0) is 24.6. The minimum absolute atomic E-state index is 0.0286. The van der Waals surface area contributed by atoms with E-state index in [4.69, 9.17) is 11.6 Å². The van der Waals surface area contributed by atoms with Gasteiger partial charge in [-0.2, -0.15) is 4.31 Å². The smallest absolute Gasteiger partial charge is 0.245 e. The van der Waals surface area contributed by atoms with Gasteiger partial charge in [-0.25, -0.2) is 8.42 Å². The van der Waals surface area contributed by atoms with Crippen LogP contribution in [0.3, 0.4) is 0 Å². The minimum Gasteiger partial charge on any atom is -0.349 e. The van der Waals surface area contributed by atoms with E-state index in [1.165, 1.54) is 4.31 Å². The van der Waals surface area contributed by atoms with E-state index < -0.39 is 16.1 Å². The van der Waals surface area contributed by atoms with Crippen LogP contribution in [-0.4, -0.2) is 52.2 Å². The van der Waals surface area contributed by atoms with Crippen LogP contribution < -0.4 is 0 Å². The van der Waals surface area contributed by atoms with Crippen LogP contribution in [0, 0.1) is 6.92 Å². The number of likely N-dealkylation sites (tertiary alicyclic amines) is 1. The second kappa shape index (κ2) is 9.76. The van der Waals surface area contributed by atoms with Gasteiger partial charge < -0.3 is 9.47 Å². The third-order valence-corrected chi connectivity index (χ3v) is 9.62. The van der Waals surface area contributed by atoms with Crippen molar-refractivity contribution < 1.29 is 13.2 Å². The summed E-state index contributed by atoms with van der Waals surface area (Å²) in [5.74, 6) is -0.0286. The molecule has 1 aromatic carbocycles. The van der Waals surface area contributed by atoms with Crippen molar-refractivity contribution in [3.63, 3.8) is 0 Å². The van der Waals surface area contributed by atoms with Gasteiger partial charge in [-0.3, -0.25) is 9.78 Å². The number of carbonyl (C=O) groups excluding carboxylic acids is 1. The first kappa shape index (κ1) is 24.0. The van der Waals surface area contributed by atoms with Crippen LogP contribution in [0.25, 0.3) is 0 Å². The molecular formula is C26H29ClN4O3S. The Labute approximate surface area is 211 Å². The maximum atomic E-state index is 13.9. The van der Waals surface area contributed by atoms with Crippen molar-refractivity contribution in [3.05, 3.63) is 82.9 Å². The van der Waals surface area contributed by atoms with Crippen LogP contribution in [0.2, 0.25) is 5.02 Å². The molecule has 2 atom stereocenters. The molecule has 5 rings (SSSR count). The molecule has 9 heteroatoms. The Morgan fingerprint density at radius 1 is 1.09 bits per heavy atom. The quantitative estimate of drug-likeness (QED) is 0.495. The number of pyridine rings is 1. The summed E-state index contributed by atoms with van der Waals surface area (Å²) in [6, 6.07) is 14.2. The fourth-order valence-electron chi connectivity index (χ4n) is 5.42. The highest BCUT2D eigenvalue weighted by Crippen LogP contribution is 2.38. The molecule has 0 radical (unpaired) electrons. The molecule has 1 fully saturated rings. The molecule has 3 aromatic rings. The van der Waals surface area contributed by atoms with Crippen molar-refractivity contribution in [2.24, 2.45) is 0 Å². The molecule has 2 unspecified atom stereocenters. The largest absolute Gasteiger partial charge is 0.349 e.